The Hall–Kier alpha value is -1.88. The molecule has 0 radical (unpaired) electrons. The van der Waals surface area contributed by atoms with Crippen LogP contribution >= 0.6 is 43.5 Å². The number of hydrogen-bond donors (Lipinski definition) is 0. The van der Waals surface area contributed by atoms with E-state index in [-0.39, 0.29) is 0 Å². The highest BCUT2D eigenvalue weighted by atomic mass is 79.9. The van der Waals surface area contributed by atoms with E-state index in [0.29, 0.717) is 5.02 Å². The predicted octanol–water partition coefficient (Wildman–Crippen LogP) is 7.38. The summed E-state index contributed by atoms with van der Waals surface area (Å²) in [6.07, 6.45) is 0. The Kier molecular flexibility index (Phi) is 4.98. The molecule has 0 fully saturated rings. The maximum atomic E-state index is 6.84. The van der Waals surface area contributed by atoms with E-state index in [0.717, 1.165) is 37.1 Å². The minimum Gasteiger partial charge on any atom is -0.231 e. The van der Waals surface area contributed by atoms with Gasteiger partial charge in [-0.3, -0.25) is 0 Å². The molecule has 4 aromatic rings. The Balaban J connectivity index is 1.99. The fourth-order valence-corrected chi connectivity index (χ4v) is 3.99. The van der Waals surface area contributed by atoms with Gasteiger partial charge in [-0.2, -0.15) is 5.10 Å². The number of benzene rings is 3. The Morgan fingerprint density at radius 2 is 1.35 bits per heavy atom. The van der Waals surface area contributed by atoms with Crippen LogP contribution in [-0.4, -0.2) is 9.78 Å². The van der Waals surface area contributed by atoms with Crippen LogP contribution in [0.4, 0.5) is 0 Å². The van der Waals surface area contributed by atoms with Gasteiger partial charge in [-0.15, -0.1) is 0 Å². The van der Waals surface area contributed by atoms with Gasteiger partial charge < -0.3 is 0 Å². The van der Waals surface area contributed by atoms with Crippen LogP contribution in [0.15, 0.2) is 87.8 Å². The van der Waals surface area contributed by atoms with Gasteiger partial charge in [0.1, 0.15) is 5.69 Å². The minimum atomic E-state index is 0.630. The third-order valence-corrected chi connectivity index (χ3v) is 5.37. The van der Waals surface area contributed by atoms with Crippen LogP contribution in [0.25, 0.3) is 28.2 Å². The standard InChI is InChI=1S/C21H13Br2ClN2/c22-16-8-4-6-14(12-16)20-19(24)21(15-7-5-9-17(23)13-15)26(25-20)18-10-2-1-3-11-18/h1-13H. The lowest BCUT2D eigenvalue weighted by atomic mass is 10.1. The third kappa shape index (κ3) is 3.37. The second kappa shape index (κ2) is 7.39. The lowest BCUT2D eigenvalue weighted by Gasteiger charge is -2.08. The third-order valence-electron chi connectivity index (χ3n) is 4.02. The Labute approximate surface area is 173 Å². The Morgan fingerprint density at radius 3 is 2.00 bits per heavy atom. The van der Waals surface area contributed by atoms with E-state index in [4.69, 9.17) is 16.7 Å². The van der Waals surface area contributed by atoms with Crippen LogP contribution in [0, 0.1) is 0 Å². The number of aromatic nitrogens is 2. The molecular formula is C21H13Br2ClN2. The van der Waals surface area contributed by atoms with Crippen LogP contribution in [0.3, 0.4) is 0 Å². The number of hydrogen-bond acceptors (Lipinski definition) is 1. The Bertz CT molecular complexity index is 1070. The first kappa shape index (κ1) is 17.5. The zero-order valence-electron chi connectivity index (χ0n) is 13.5. The molecule has 0 N–H and O–H groups in total. The van der Waals surface area contributed by atoms with Gasteiger partial charge in [0, 0.05) is 20.1 Å². The highest BCUT2D eigenvalue weighted by Gasteiger charge is 2.20. The van der Waals surface area contributed by atoms with Gasteiger partial charge in [0.05, 0.1) is 16.4 Å². The first-order valence-corrected chi connectivity index (χ1v) is 9.96. The summed E-state index contributed by atoms with van der Waals surface area (Å²) in [6, 6.07) is 26.1. The fourth-order valence-electron chi connectivity index (χ4n) is 2.86. The lowest BCUT2D eigenvalue weighted by molar-refractivity contribution is 0.892. The summed E-state index contributed by atoms with van der Waals surface area (Å²) in [6.45, 7) is 0. The minimum absolute atomic E-state index is 0.630. The van der Waals surface area contributed by atoms with E-state index in [9.17, 15) is 0 Å². The Morgan fingerprint density at radius 1 is 0.731 bits per heavy atom. The van der Waals surface area contributed by atoms with Gasteiger partial charge in [0.2, 0.25) is 0 Å². The molecule has 0 amide bonds. The number of halogens is 3. The second-order valence-corrected chi connectivity index (χ2v) is 7.99. The molecular weight excluding hydrogens is 476 g/mol. The molecule has 4 rings (SSSR count). The maximum absolute atomic E-state index is 6.84. The van der Waals surface area contributed by atoms with Gasteiger partial charge in [-0.1, -0.05) is 85.9 Å². The molecule has 0 aliphatic carbocycles. The molecule has 2 nitrogen and oxygen atoms in total. The molecule has 1 aromatic heterocycles. The van der Waals surface area contributed by atoms with Crippen molar-refractivity contribution in [3.05, 3.63) is 92.8 Å². The molecule has 1 heterocycles. The number of rotatable bonds is 3. The molecule has 0 unspecified atom stereocenters. The summed E-state index contributed by atoms with van der Waals surface area (Å²) in [7, 11) is 0. The van der Waals surface area contributed by atoms with E-state index in [1.165, 1.54) is 0 Å². The van der Waals surface area contributed by atoms with Crippen LogP contribution in [0.5, 0.6) is 0 Å². The summed E-state index contributed by atoms with van der Waals surface area (Å²) in [5, 5.41) is 5.48. The largest absolute Gasteiger partial charge is 0.231 e. The van der Waals surface area contributed by atoms with Crippen molar-refractivity contribution >= 4 is 43.5 Å². The molecule has 5 heteroatoms. The normalized spacial score (nSPS) is 10.9. The summed E-state index contributed by atoms with van der Waals surface area (Å²) >= 11 is 13.9. The predicted molar refractivity (Wildman–Crippen MR) is 115 cm³/mol. The average Bonchev–Trinajstić information content (AvgIpc) is 3.00. The molecule has 0 aliphatic heterocycles. The molecule has 0 aliphatic rings. The van der Waals surface area contributed by atoms with Crippen molar-refractivity contribution < 1.29 is 0 Å². The van der Waals surface area contributed by atoms with Gasteiger partial charge in [-0.05, 0) is 36.4 Å². The van der Waals surface area contributed by atoms with Crippen molar-refractivity contribution in [1.82, 2.24) is 9.78 Å². The average molecular weight is 489 g/mol. The van der Waals surface area contributed by atoms with Crippen molar-refractivity contribution in [1.29, 1.82) is 0 Å². The van der Waals surface area contributed by atoms with E-state index >= 15 is 0 Å². The molecule has 0 saturated heterocycles. The molecule has 0 atom stereocenters. The first-order chi connectivity index (χ1) is 12.6. The second-order valence-electron chi connectivity index (χ2n) is 5.78. The van der Waals surface area contributed by atoms with Crippen molar-refractivity contribution in [2.45, 2.75) is 0 Å². The quantitative estimate of drug-likeness (QED) is 0.294. The van der Waals surface area contributed by atoms with Crippen LogP contribution < -0.4 is 0 Å². The summed E-state index contributed by atoms with van der Waals surface area (Å²) in [4.78, 5) is 0. The van der Waals surface area contributed by atoms with Crippen molar-refractivity contribution in [3.8, 4) is 28.2 Å². The van der Waals surface area contributed by atoms with Crippen molar-refractivity contribution in [3.63, 3.8) is 0 Å². The van der Waals surface area contributed by atoms with Crippen molar-refractivity contribution in [2.24, 2.45) is 0 Å². The van der Waals surface area contributed by atoms with Crippen LogP contribution in [0.1, 0.15) is 0 Å². The lowest BCUT2D eigenvalue weighted by Crippen LogP contribution is -1.99. The molecule has 26 heavy (non-hydrogen) atoms. The maximum Gasteiger partial charge on any atom is 0.112 e. The SMILES string of the molecule is Clc1c(-c2cccc(Br)c2)nn(-c2ccccc2)c1-c1cccc(Br)c1. The summed E-state index contributed by atoms with van der Waals surface area (Å²) < 4.78 is 3.89. The van der Waals surface area contributed by atoms with Crippen LogP contribution in [-0.2, 0) is 0 Å². The van der Waals surface area contributed by atoms with Crippen molar-refractivity contribution in [2.75, 3.05) is 0 Å². The zero-order valence-corrected chi connectivity index (χ0v) is 17.5. The van der Waals surface area contributed by atoms with E-state index in [1.807, 2.05) is 83.5 Å². The van der Waals surface area contributed by atoms with E-state index < -0.39 is 0 Å². The van der Waals surface area contributed by atoms with Crippen LogP contribution in [0.2, 0.25) is 5.02 Å². The summed E-state index contributed by atoms with van der Waals surface area (Å²) in [5.41, 5.74) is 4.56. The molecule has 0 saturated carbocycles. The van der Waals surface area contributed by atoms with Gasteiger partial charge in [0.15, 0.2) is 0 Å². The van der Waals surface area contributed by atoms with Gasteiger partial charge in [-0.25, -0.2) is 4.68 Å². The number of para-hydroxylation sites is 1. The van der Waals surface area contributed by atoms with Gasteiger partial charge in [0.25, 0.3) is 0 Å². The zero-order chi connectivity index (χ0) is 18.1. The molecule has 0 spiro atoms. The molecule has 0 bridgehead atoms. The topological polar surface area (TPSA) is 17.8 Å². The molecule has 3 aromatic carbocycles. The fraction of sp³-hybridized carbons (Fsp3) is 0. The smallest absolute Gasteiger partial charge is 0.112 e. The van der Waals surface area contributed by atoms with Gasteiger partial charge >= 0.3 is 0 Å². The number of nitrogens with zero attached hydrogens (tertiary/aromatic N) is 2. The molecule has 128 valence electrons. The highest BCUT2D eigenvalue weighted by Crippen LogP contribution is 2.39. The monoisotopic (exact) mass is 486 g/mol. The van der Waals surface area contributed by atoms with E-state index in [2.05, 4.69) is 31.9 Å². The summed E-state index contributed by atoms with van der Waals surface area (Å²) in [5.74, 6) is 0. The van der Waals surface area contributed by atoms with E-state index in [1.54, 1.807) is 0 Å². The first-order valence-electron chi connectivity index (χ1n) is 7.99. The highest BCUT2D eigenvalue weighted by molar-refractivity contribution is 9.10.